The van der Waals surface area contributed by atoms with Crippen LogP contribution in [-0.4, -0.2) is 37.0 Å². The molecule has 2 rings (SSSR count). The number of amides is 1. The summed E-state index contributed by atoms with van der Waals surface area (Å²) >= 11 is 3.42. The Hall–Kier alpha value is -1.33. The van der Waals surface area contributed by atoms with Gasteiger partial charge in [-0.1, -0.05) is 15.9 Å². The second-order valence-corrected chi connectivity index (χ2v) is 5.70. The van der Waals surface area contributed by atoms with Crippen molar-refractivity contribution in [2.24, 2.45) is 5.73 Å². The quantitative estimate of drug-likeness (QED) is 0.857. The van der Waals surface area contributed by atoms with E-state index >= 15 is 0 Å². The molecule has 1 aromatic rings. The molecule has 0 aliphatic carbocycles. The van der Waals surface area contributed by atoms with E-state index in [2.05, 4.69) is 15.9 Å². The summed E-state index contributed by atoms with van der Waals surface area (Å²) < 4.78 is 6.23. The molecule has 0 aromatic heterocycles. The monoisotopic (exact) mass is 338 g/mol. The lowest BCUT2D eigenvalue weighted by atomic mass is 10.2. The molecule has 5 heteroatoms. The van der Waals surface area contributed by atoms with Crippen molar-refractivity contribution in [1.29, 1.82) is 0 Å². The minimum atomic E-state index is 0.0139. The molecule has 1 unspecified atom stereocenters. The molecule has 1 aromatic carbocycles. The van der Waals surface area contributed by atoms with Crippen LogP contribution in [0.2, 0.25) is 0 Å². The predicted molar refractivity (Wildman–Crippen MR) is 83.5 cm³/mol. The summed E-state index contributed by atoms with van der Waals surface area (Å²) in [6.07, 6.45) is 5.41. The van der Waals surface area contributed by atoms with E-state index in [1.54, 1.807) is 19.3 Å². The van der Waals surface area contributed by atoms with E-state index in [0.29, 0.717) is 6.54 Å². The molecule has 20 heavy (non-hydrogen) atoms. The van der Waals surface area contributed by atoms with E-state index in [9.17, 15) is 4.79 Å². The average molecular weight is 339 g/mol. The van der Waals surface area contributed by atoms with Gasteiger partial charge in [0.1, 0.15) is 5.75 Å². The molecule has 0 bridgehead atoms. The number of benzene rings is 1. The number of halogens is 1. The molecule has 1 aliphatic heterocycles. The van der Waals surface area contributed by atoms with Gasteiger partial charge in [-0.2, -0.15) is 0 Å². The predicted octanol–water partition coefficient (Wildman–Crippen LogP) is 2.42. The second-order valence-electron chi connectivity index (χ2n) is 4.78. The third-order valence-electron chi connectivity index (χ3n) is 3.53. The highest BCUT2D eigenvalue weighted by molar-refractivity contribution is 9.10. The topological polar surface area (TPSA) is 55.6 Å². The average Bonchev–Trinajstić information content (AvgIpc) is 2.93. The van der Waals surface area contributed by atoms with Crippen molar-refractivity contribution in [3.05, 3.63) is 34.3 Å². The lowest BCUT2D eigenvalue weighted by molar-refractivity contribution is -0.126. The molecule has 1 aliphatic rings. The largest absolute Gasteiger partial charge is 0.496 e. The molecule has 1 amide bonds. The molecule has 0 spiro atoms. The second kappa shape index (κ2) is 6.90. The van der Waals surface area contributed by atoms with Crippen LogP contribution in [-0.2, 0) is 4.79 Å². The SMILES string of the molecule is COc1ccc(Br)cc1/C=C/C(=O)N1CCCC1CN. The van der Waals surface area contributed by atoms with E-state index in [4.69, 9.17) is 10.5 Å². The Morgan fingerprint density at radius 3 is 3.10 bits per heavy atom. The maximum absolute atomic E-state index is 12.2. The first-order chi connectivity index (χ1) is 9.65. The normalized spacial score (nSPS) is 18.8. The molecular formula is C15H19BrN2O2. The summed E-state index contributed by atoms with van der Waals surface area (Å²) in [5, 5.41) is 0. The highest BCUT2D eigenvalue weighted by Crippen LogP contribution is 2.24. The molecule has 1 heterocycles. The molecule has 1 saturated heterocycles. The molecule has 2 N–H and O–H groups in total. The first kappa shape index (κ1) is 15.1. The first-order valence-electron chi connectivity index (χ1n) is 6.68. The molecule has 4 nitrogen and oxygen atoms in total. The van der Waals surface area contributed by atoms with Gasteiger partial charge in [0.05, 0.1) is 7.11 Å². The molecular weight excluding hydrogens is 320 g/mol. The van der Waals surface area contributed by atoms with E-state index in [1.165, 1.54) is 0 Å². The zero-order chi connectivity index (χ0) is 14.5. The van der Waals surface area contributed by atoms with Crippen molar-refractivity contribution in [3.8, 4) is 5.75 Å². The number of rotatable bonds is 4. The minimum Gasteiger partial charge on any atom is -0.496 e. The maximum atomic E-state index is 12.2. The summed E-state index contributed by atoms with van der Waals surface area (Å²) in [5.41, 5.74) is 6.56. The molecule has 0 saturated carbocycles. The van der Waals surface area contributed by atoms with Gasteiger partial charge in [0, 0.05) is 35.2 Å². The van der Waals surface area contributed by atoms with Crippen LogP contribution in [0.3, 0.4) is 0 Å². The van der Waals surface area contributed by atoms with Gasteiger partial charge in [-0.05, 0) is 37.1 Å². The Morgan fingerprint density at radius 1 is 1.60 bits per heavy atom. The number of methoxy groups -OCH3 is 1. The van der Waals surface area contributed by atoms with Crippen LogP contribution in [0.4, 0.5) is 0 Å². The maximum Gasteiger partial charge on any atom is 0.246 e. The van der Waals surface area contributed by atoms with Gasteiger partial charge in [-0.3, -0.25) is 4.79 Å². The number of hydrogen-bond acceptors (Lipinski definition) is 3. The van der Waals surface area contributed by atoms with Crippen molar-refractivity contribution < 1.29 is 9.53 Å². The Bertz CT molecular complexity index is 517. The number of hydrogen-bond donors (Lipinski definition) is 1. The highest BCUT2D eigenvalue weighted by Gasteiger charge is 2.25. The number of nitrogens with zero attached hydrogens (tertiary/aromatic N) is 1. The summed E-state index contributed by atoms with van der Waals surface area (Å²) in [6, 6.07) is 5.87. The first-order valence-corrected chi connectivity index (χ1v) is 7.47. The van der Waals surface area contributed by atoms with Crippen LogP contribution in [0.5, 0.6) is 5.75 Å². The zero-order valence-corrected chi connectivity index (χ0v) is 13.1. The van der Waals surface area contributed by atoms with Crippen LogP contribution < -0.4 is 10.5 Å². The fourth-order valence-corrected chi connectivity index (χ4v) is 2.84. The van der Waals surface area contributed by atoms with Crippen LogP contribution >= 0.6 is 15.9 Å². The third kappa shape index (κ3) is 3.41. The summed E-state index contributed by atoms with van der Waals surface area (Å²) in [7, 11) is 1.62. The molecule has 1 atom stereocenters. The van der Waals surface area contributed by atoms with E-state index < -0.39 is 0 Å². The number of ether oxygens (including phenoxy) is 1. The van der Waals surface area contributed by atoms with Gasteiger partial charge < -0.3 is 15.4 Å². The number of carbonyl (C=O) groups excluding carboxylic acids is 1. The minimum absolute atomic E-state index is 0.0139. The molecule has 1 fully saturated rings. The van der Waals surface area contributed by atoms with Crippen molar-refractivity contribution >= 4 is 27.9 Å². The van der Waals surface area contributed by atoms with Gasteiger partial charge >= 0.3 is 0 Å². The van der Waals surface area contributed by atoms with Crippen molar-refractivity contribution in [2.45, 2.75) is 18.9 Å². The van der Waals surface area contributed by atoms with Crippen LogP contribution in [0, 0.1) is 0 Å². The fraction of sp³-hybridized carbons (Fsp3) is 0.400. The summed E-state index contributed by atoms with van der Waals surface area (Å²) in [6.45, 7) is 1.32. The summed E-state index contributed by atoms with van der Waals surface area (Å²) in [4.78, 5) is 14.1. The Kier molecular flexibility index (Phi) is 5.20. The lowest BCUT2D eigenvalue weighted by Crippen LogP contribution is -2.38. The Morgan fingerprint density at radius 2 is 2.40 bits per heavy atom. The zero-order valence-electron chi connectivity index (χ0n) is 11.5. The lowest BCUT2D eigenvalue weighted by Gasteiger charge is -2.21. The van der Waals surface area contributed by atoms with Crippen molar-refractivity contribution in [3.63, 3.8) is 0 Å². The molecule has 0 radical (unpaired) electrons. The Balaban J connectivity index is 2.12. The van der Waals surface area contributed by atoms with Crippen molar-refractivity contribution in [2.75, 3.05) is 20.2 Å². The van der Waals surface area contributed by atoms with Gasteiger partial charge in [-0.15, -0.1) is 0 Å². The standard InChI is InChI=1S/C15H19BrN2O2/c1-20-14-6-5-12(16)9-11(14)4-7-15(19)18-8-2-3-13(18)10-17/h4-7,9,13H,2-3,8,10,17H2,1H3/b7-4+. The molecule has 108 valence electrons. The van der Waals surface area contributed by atoms with E-state index in [-0.39, 0.29) is 11.9 Å². The third-order valence-corrected chi connectivity index (χ3v) is 4.02. The van der Waals surface area contributed by atoms with Crippen LogP contribution in [0.25, 0.3) is 6.08 Å². The smallest absolute Gasteiger partial charge is 0.246 e. The number of likely N-dealkylation sites (tertiary alicyclic amines) is 1. The van der Waals surface area contributed by atoms with Gasteiger partial charge in [-0.25, -0.2) is 0 Å². The van der Waals surface area contributed by atoms with Crippen LogP contribution in [0.15, 0.2) is 28.7 Å². The van der Waals surface area contributed by atoms with Gasteiger partial charge in [0.2, 0.25) is 5.91 Å². The Labute approximate surface area is 127 Å². The number of nitrogens with two attached hydrogens (primary N) is 1. The highest BCUT2D eigenvalue weighted by atomic mass is 79.9. The number of carbonyl (C=O) groups is 1. The van der Waals surface area contributed by atoms with E-state index in [1.807, 2.05) is 23.1 Å². The summed E-state index contributed by atoms with van der Waals surface area (Å²) in [5.74, 6) is 0.758. The fourth-order valence-electron chi connectivity index (χ4n) is 2.46. The van der Waals surface area contributed by atoms with Gasteiger partial charge in [0.15, 0.2) is 0 Å². The van der Waals surface area contributed by atoms with Gasteiger partial charge in [0.25, 0.3) is 0 Å². The van der Waals surface area contributed by atoms with Crippen molar-refractivity contribution in [1.82, 2.24) is 4.90 Å². The van der Waals surface area contributed by atoms with Crippen LogP contribution in [0.1, 0.15) is 18.4 Å². The van der Waals surface area contributed by atoms with E-state index in [0.717, 1.165) is 35.2 Å².